The first-order chi connectivity index (χ1) is 11.9. The van der Waals surface area contributed by atoms with Gasteiger partial charge in [0.2, 0.25) is 10.0 Å². The first-order valence-electron chi connectivity index (χ1n) is 7.92. The molecule has 2 aromatic carbocycles. The van der Waals surface area contributed by atoms with E-state index in [9.17, 15) is 12.8 Å². The summed E-state index contributed by atoms with van der Waals surface area (Å²) >= 11 is 5.81. The molecule has 0 aliphatic heterocycles. The van der Waals surface area contributed by atoms with Crippen LogP contribution in [0.5, 0.6) is 0 Å². The fraction of sp³-hybridized carbons (Fsp3) is 0.222. The van der Waals surface area contributed by atoms with Crippen LogP contribution in [0.15, 0.2) is 53.6 Å². The predicted molar refractivity (Wildman–Crippen MR) is 95.8 cm³/mol. The van der Waals surface area contributed by atoms with Gasteiger partial charge in [0, 0.05) is 34.1 Å². The summed E-state index contributed by atoms with van der Waals surface area (Å²) in [4.78, 5) is 3.27. The molecule has 0 saturated heterocycles. The normalized spacial score (nSPS) is 16.2. The Kier molecular flexibility index (Phi) is 3.86. The lowest BCUT2D eigenvalue weighted by atomic mass is 9.96. The van der Waals surface area contributed by atoms with Gasteiger partial charge in [-0.3, -0.25) is 0 Å². The van der Waals surface area contributed by atoms with Crippen molar-refractivity contribution in [3.63, 3.8) is 0 Å². The second-order valence-corrected chi connectivity index (χ2v) is 8.65. The molecular weight excluding hydrogens is 363 g/mol. The lowest BCUT2D eigenvalue weighted by Gasteiger charge is -2.16. The van der Waals surface area contributed by atoms with Gasteiger partial charge in [0.05, 0.1) is 4.90 Å². The van der Waals surface area contributed by atoms with E-state index in [4.69, 9.17) is 11.6 Å². The zero-order valence-corrected chi connectivity index (χ0v) is 14.8. The number of halogens is 2. The number of H-pyrrole nitrogens is 1. The Labute approximate surface area is 150 Å². The van der Waals surface area contributed by atoms with Crippen molar-refractivity contribution >= 4 is 32.5 Å². The molecule has 0 bridgehead atoms. The quantitative estimate of drug-likeness (QED) is 0.705. The summed E-state index contributed by atoms with van der Waals surface area (Å²) in [6, 6.07) is 10.7. The zero-order chi connectivity index (χ0) is 17.7. The maximum absolute atomic E-state index is 13.4. The fourth-order valence-electron chi connectivity index (χ4n) is 3.16. The van der Waals surface area contributed by atoms with E-state index in [0.717, 1.165) is 29.3 Å². The topological polar surface area (TPSA) is 62.0 Å². The van der Waals surface area contributed by atoms with Crippen LogP contribution < -0.4 is 4.72 Å². The Balaban J connectivity index is 1.58. The van der Waals surface area contributed by atoms with E-state index in [0.29, 0.717) is 11.6 Å². The zero-order valence-electron chi connectivity index (χ0n) is 13.2. The van der Waals surface area contributed by atoms with Crippen LogP contribution in [-0.2, 0) is 15.4 Å². The van der Waals surface area contributed by atoms with Crippen LogP contribution in [0.1, 0.15) is 18.4 Å². The van der Waals surface area contributed by atoms with Crippen LogP contribution in [-0.4, -0.2) is 19.9 Å². The molecule has 130 valence electrons. The molecule has 7 heteroatoms. The second kappa shape index (κ2) is 5.83. The Hall–Kier alpha value is -1.89. The van der Waals surface area contributed by atoms with E-state index in [1.807, 2.05) is 6.20 Å². The Morgan fingerprint density at radius 2 is 1.88 bits per heavy atom. The smallest absolute Gasteiger partial charge is 0.240 e. The number of aromatic nitrogens is 1. The van der Waals surface area contributed by atoms with Crippen LogP contribution in [0.25, 0.3) is 10.9 Å². The van der Waals surface area contributed by atoms with Gasteiger partial charge < -0.3 is 4.98 Å². The van der Waals surface area contributed by atoms with Crippen molar-refractivity contribution < 1.29 is 12.8 Å². The summed E-state index contributed by atoms with van der Waals surface area (Å²) in [6.45, 7) is 0.308. The molecule has 0 amide bonds. The Morgan fingerprint density at radius 1 is 1.16 bits per heavy atom. The Morgan fingerprint density at radius 3 is 2.56 bits per heavy atom. The monoisotopic (exact) mass is 378 g/mol. The predicted octanol–water partition coefficient (Wildman–Crippen LogP) is 3.97. The maximum atomic E-state index is 13.4. The number of benzene rings is 2. The summed E-state index contributed by atoms with van der Waals surface area (Å²) in [5, 5.41) is 1.42. The number of nitrogens with one attached hydrogen (secondary N) is 2. The van der Waals surface area contributed by atoms with Crippen molar-refractivity contribution in [3.05, 3.63) is 65.1 Å². The first-order valence-corrected chi connectivity index (χ1v) is 9.78. The molecule has 0 spiro atoms. The highest BCUT2D eigenvalue weighted by atomic mass is 35.5. The van der Waals surface area contributed by atoms with E-state index in [1.165, 1.54) is 24.3 Å². The van der Waals surface area contributed by atoms with Crippen LogP contribution in [0.2, 0.25) is 5.02 Å². The van der Waals surface area contributed by atoms with Crippen molar-refractivity contribution in [2.24, 2.45) is 0 Å². The van der Waals surface area contributed by atoms with E-state index >= 15 is 0 Å². The minimum atomic E-state index is -3.60. The van der Waals surface area contributed by atoms with E-state index in [2.05, 4.69) is 9.71 Å². The molecule has 0 unspecified atom stereocenters. The van der Waals surface area contributed by atoms with Crippen LogP contribution in [0.4, 0.5) is 4.39 Å². The van der Waals surface area contributed by atoms with E-state index < -0.39 is 10.0 Å². The molecule has 2 N–H and O–H groups in total. The van der Waals surface area contributed by atoms with E-state index in [1.54, 1.807) is 18.2 Å². The van der Waals surface area contributed by atoms with E-state index in [-0.39, 0.29) is 16.1 Å². The van der Waals surface area contributed by atoms with Crippen molar-refractivity contribution in [1.82, 2.24) is 9.71 Å². The highest BCUT2D eigenvalue weighted by Crippen LogP contribution is 2.50. The molecule has 1 saturated carbocycles. The largest absolute Gasteiger partial charge is 0.361 e. The summed E-state index contributed by atoms with van der Waals surface area (Å²) in [5.74, 6) is -0.297. The van der Waals surface area contributed by atoms with Crippen molar-refractivity contribution in [1.29, 1.82) is 0 Å². The van der Waals surface area contributed by atoms with Gasteiger partial charge >= 0.3 is 0 Å². The molecule has 1 aliphatic carbocycles. The number of aromatic amines is 1. The molecule has 25 heavy (non-hydrogen) atoms. The number of fused-ring (bicyclic) bond motifs is 1. The van der Waals surface area contributed by atoms with Gasteiger partial charge in [0.15, 0.2) is 0 Å². The SMILES string of the molecule is O=S(=O)(NCC1(c2c[nH]c3cc(F)ccc23)CC1)c1ccc(Cl)cc1. The number of hydrogen-bond acceptors (Lipinski definition) is 2. The molecule has 0 radical (unpaired) electrons. The molecule has 1 heterocycles. The molecule has 1 aromatic heterocycles. The highest BCUT2D eigenvalue weighted by molar-refractivity contribution is 7.89. The standard InChI is InChI=1S/C18H16ClFN2O2S/c19-12-1-4-14(5-2-12)25(23,24)22-11-18(7-8-18)16-10-21-17-9-13(20)3-6-15(16)17/h1-6,9-10,21-22H,7-8,11H2. The summed E-state index contributed by atoms with van der Waals surface area (Å²) in [6.07, 6.45) is 3.63. The van der Waals surface area contributed by atoms with Gasteiger partial charge in [0.1, 0.15) is 5.82 Å². The number of sulfonamides is 1. The van der Waals surface area contributed by atoms with Crippen LogP contribution in [0.3, 0.4) is 0 Å². The summed E-state index contributed by atoms with van der Waals surface area (Å²) < 4.78 is 41.0. The summed E-state index contributed by atoms with van der Waals surface area (Å²) in [7, 11) is -3.60. The van der Waals surface area contributed by atoms with Gasteiger partial charge in [-0.25, -0.2) is 17.5 Å². The van der Waals surface area contributed by atoms with Gasteiger partial charge in [0.25, 0.3) is 0 Å². The third-order valence-corrected chi connectivity index (χ3v) is 6.46. The van der Waals surface area contributed by atoms with Crippen LogP contribution in [0, 0.1) is 5.82 Å². The third kappa shape index (κ3) is 3.05. The molecule has 3 aromatic rings. The number of rotatable bonds is 5. The first kappa shape index (κ1) is 16.6. The molecule has 4 rings (SSSR count). The molecule has 0 atom stereocenters. The lowest BCUT2D eigenvalue weighted by Crippen LogP contribution is -2.32. The molecule has 1 aliphatic rings. The Bertz CT molecular complexity index is 1040. The molecule has 4 nitrogen and oxygen atoms in total. The average Bonchev–Trinajstić information content (AvgIpc) is 3.26. The summed E-state index contributed by atoms with van der Waals surface area (Å²) in [5.41, 5.74) is 1.51. The second-order valence-electron chi connectivity index (χ2n) is 6.45. The van der Waals surface area contributed by atoms with Crippen molar-refractivity contribution in [3.8, 4) is 0 Å². The van der Waals surface area contributed by atoms with Crippen molar-refractivity contribution in [2.45, 2.75) is 23.2 Å². The third-order valence-electron chi connectivity index (χ3n) is 4.79. The van der Waals surface area contributed by atoms with Gasteiger partial charge in [-0.15, -0.1) is 0 Å². The van der Waals surface area contributed by atoms with Gasteiger partial charge in [-0.2, -0.15) is 0 Å². The number of hydrogen-bond donors (Lipinski definition) is 2. The molecular formula is C18H16ClFN2O2S. The highest BCUT2D eigenvalue weighted by Gasteiger charge is 2.46. The van der Waals surface area contributed by atoms with Gasteiger partial charge in [-0.05, 0) is 60.9 Å². The lowest BCUT2D eigenvalue weighted by molar-refractivity contribution is 0.568. The minimum Gasteiger partial charge on any atom is -0.361 e. The fourth-order valence-corrected chi connectivity index (χ4v) is 4.41. The van der Waals surface area contributed by atoms with Gasteiger partial charge in [-0.1, -0.05) is 11.6 Å². The molecule has 1 fully saturated rings. The maximum Gasteiger partial charge on any atom is 0.240 e. The minimum absolute atomic E-state index is 0.189. The van der Waals surface area contributed by atoms with Crippen LogP contribution >= 0.6 is 11.6 Å². The van der Waals surface area contributed by atoms with Crippen molar-refractivity contribution in [2.75, 3.05) is 6.54 Å². The average molecular weight is 379 g/mol.